The lowest BCUT2D eigenvalue weighted by molar-refractivity contribution is -0.401. The van der Waals surface area contributed by atoms with Crippen molar-refractivity contribution >= 4 is 28.8 Å². The Kier molecular flexibility index (Phi) is 17.3. The monoisotopic (exact) mass is 795 g/mol. The van der Waals surface area contributed by atoms with Gasteiger partial charge in [0.1, 0.15) is 12.8 Å². The van der Waals surface area contributed by atoms with E-state index in [1.807, 2.05) is 0 Å². The summed E-state index contributed by atoms with van der Waals surface area (Å²) in [5.41, 5.74) is 10.6. The number of nitrogens with zero attached hydrogens (tertiary/aromatic N) is 2. The third kappa shape index (κ3) is 12.4. The van der Waals surface area contributed by atoms with E-state index in [0.29, 0.717) is 72.2 Å². The minimum atomic E-state index is -0.101. The largest absolute Gasteiger partial charge is 0.379 e. The summed E-state index contributed by atoms with van der Waals surface area (Å²) in [7, 11) is 2.18. The van der Waals surface area contributed by atoms with Gasteiger partial charge in [-0.25, -0.2) is 0 Å². The fourth-order valence-corrected chi connectivity index (χ4v) is 8.26. The second kappa shape index (κ2) is 22.3. The lowest BCUT2D eigenvalue weighted by Crippen LogP contribution is -2.28. The number of nitrogens with one attached hydrogen (secondary N) is 1. The van der Waals surface area contributed by atoms with Gasteiger partial charge in [-0.2, -0.15) is 4.58 Å². The molecule has 2 heterocycles. The molecule has 0 spiro atoms. The molecule has 0 saturated heterocycles. The highest BCUT2D eigenvalue weighted by atomic mass is 16.6. The van der Waals surface area contributed by atoms with Crippen LogP contribution in [0, 0.1) is 0 Å². The van der Waals surface area contributed by atoms with Crippen molar-refractivity contribution in [3.05, 3.63) is 107 Å². The van der Waals surface area contributed by atoms with E-state index in [1.165, 1.54) is 45.1 Å². The van der Waals surface area contributed by atoms with Gasteiger partial charge in [0.15, 0.2) is 5.71 Å². The van der Waals surface area contributed by atoms with Crippen LogP contribution in [0.2, 0.25) is 0 Å². The van der Waals surface area contributed by atoms with Crippen LogP contribution in [0.25, 0.3) is 0 Å². The first-order valence-corrected chi connectivity index (χ1v) is 21.4. The Labute approximate surface area is 347 Å². The maximum Gasteiger partial charge on any atom is 0.220 e. The maximum atomic E-state index is 12.5. The van der Waals surface area contributed by atoms with Gasteiger partial charge >= 0.3 is 0 Å². The number of para-hydroxylation sites is 2. The molecule has 58 heavy (non-hydrogen) atoms. The van der Waals surface area contributed by atoms with Gasteiger partial charge in [0, 0.05) is 60.4 Å². The first-order chi connectivity index (χ1) is 28.0. The Morgan fingerprint density at radius 2 is 1.40 bits per heavy atom. The molecule has 0 saturated carbocycles. The van der Waals surface area contributed by atoms with Gasteiger partial charge in [-0.15, -0.1) is 0 Å². The van der Waals surface area contributed by atoms with Gasteiger partial charge in [0.05, 0.1) is 58.3 Å². The van der Waals surface area contributed by atoms with Gasteiger partial charge in [-0.05, 0) is 81.7 Å². The quantitative estimate of drug-likeness (QED) is 0.0841. The normalized spacial score (nSPS) is 18.3. The standard InChI is InChI=1S/C49H67N3O6/c1-38(53)26-29-55-31-33-57-35-36-58-34-32-56-30-27-50-47(54)21-8-7-13-28-52-44-20-12-10-18-42(44)49(4,5)46(52)25-23-40-16-14-15-39(37-40)22-24-45-48(2,3)41-17-9-11-19-43(41)51(45)6/h9-12,17-20,22-25,37H,7-8,13-16,21,26-36H2,1-6H3/p+1. The summed E-state index contributed by atoms with van der Waals surface area (Å²) in [4.78, 5) is 25.9. The van der Waals surface area contributed by atoms with Crippen molar-refractivity contribution in [3.8, 4) is 0 Å². The minimum absolute atomic E-state index is 0.0276. The molecule has 2 aliphatic heterocycles. The molecule has 1 aliphatic carbocycles. The number of carbonyl (C=O) groups is 2. The molecule has 0 unspecified atom stereocenters. The summed E-state index contributed by atoms with van der Waals surface area (Å²) in [6.45, 7) is 16.0. The molecule has 1 N–H and O–H groups in total. The molecule has 2 aromatic rings. The Hall–Kier alpha value is -4.15. The average Bonchev–Trinajstić information content (AvgIpc) is 3.54. The van der Waals surface area contributed by atoms with Crippen LogP contribution in [0.4, 0.5) is 11.4 Å². The van der Waals surface area contributed by atoms with E-state index >= 15 is 0 Å². The number of unbranched alkanes of at least 4 members (excludes halogenated alkanes) is 2. The number of ether oxygens (including phenoxy) is 4. The van der Waals surface area contributed by atoms with Crippen LogP contribution in [-0.4, -0.2) is 95.0 Å². The fourth-order valence-electron chi connectivity index (χ4n) is 8.26. The molecule has 5 rings (SSSR count). The molecule has 314 valence electrons. The van der Waals surface area contributed by atoms with Gasteiger partial charge in [-0.1, -0.05) is 74.9 Å². The zero-order chi connectivity index (χ0) is 41.4. The topological polar surface area (TPSA) is 89.3 Å². The van der Waals surface area contributed by atoms with Crippen LogP contribution >= 0.6 is 0 Å². The van der Waals surface area contributed by atoms with Crippen LogP contribution in [0.5, 0.6) is 0 Å². The Morgan fingerprint density at radius 1 is 0.741 bits per heavy atom. The third-order valence-corrected chi connectivity index (χ3v) is 11.5. The van der Waals surface area contributed by atoms with Gasteiger partial charge in [-0.3, -0.25) is 9.59 Å². The predicted molar refractivity (Wildman–Crippen MR) is 234 cm³/mol. The maximum absolute atomic E-state index is 12.5. The van der Waals surface area contributed by atoms with Crippen LogP contribution in [0.15, 0.2) is 95.8 Å². The molecule has 0 bridgehead atoms. The number of anilines is 1. The van der Waals surface area contributed by atoms with E-state index in [9.17, 15) is 9.59 Å². The number of rotatable bonds is 24. The molecule has 0 atom stereocenters. The van der Waals surface area contributed by atoms with Crippen molar-refractivity contribution in [1.82, 2.24) is 5.32 Å². The van der Waals surface area contributed by atoms with Crippen molar-refractivity contribution in [1.29, 1.82) is 0 Å². The molecular weight excluding hydrogens is 727 g/mol. The number of amides is 1. The number of ketones is 1. The molecule has 1 amide bonds. The van der Waals surface area contributed by atoms with E-state index in [1.54, 1.807) is 6.92 Å². The van der Waals surface area contributed by atoms with E-state index in [-0.39, 0.29) is 22.5 Å². The number of hydrogen-bond donors (Lipinski definition) is 1. The van der Waals surface area contributed by atoms with Crippen molar-refractivity contribution in [3.63, 3.8) is 0 Å². The number of allylic oxidation sites excluding steroid dienone is 8. The van der Waals surface area contributed by atoms with Crippen molar-refractivity contribution in [2.24, 2.45) is 0 Å². The Balaban J connectivity index is 1.03. The van der Waals surface area contributed by atoms with E-state index < -0.39 is 0 Å². The van der Waals surface area contributed by atoms with Gasteiger partial charge in [0.25, 0.3) is 0 Å². The van der Waals surface area contributed by atoms with Crippen molar-refractivity contribution in [2.75, 3.05) is 77.9 Å². The number of hydrogen-bond acceptors (Lipinski definition) is 7. The number of fused-ring (bicyclic) bond motifs is 2. The van der Waals surface area contributed by atoms with E-state index in [4.69, 9.17) is 18.9 Å². The van der Waals surface area contributed by atoms with Crippen LogP contribution in [0.3, 0.4) is 0 Å². The highest BCUT2D eigenvalue weighted by molar-refractivity contribution is 6.03. The summed E-state index contributed by atoms with van der Waals surface area (Å²) < 4.78 is 24.2. The first kappa shape index (κ1) is 44.9. The number of Topliss-reactive ketones (excluding diaryl/α,β-unsaturated/α-hetero) is 1. The molecule has 0 aromatic heterocycles. The number of carbonyl (C=O) groups excluding carboxylic acids is 2. The summed E-state index contributed by atoms with van der Waals surface area (Å²) in [5.74, 6) is 0.194. The van der Waals surface area contributed by atoms with Crippen molar-refractivity contribution in [2.45, 2.75) is 96.8 Å². The molecule has 2 aromatic carbocycles. The fraction of sp³-hybridized carbons (Fsp3) is 0.531. The molecule has 9 nitrogen and oxygen atoms in total. The third-order valence-electron chi connectivity index (χ3n) is 11.5. The van der Waals surface area contributed by atoms with E-state index in [0.717, 1.165) is 45.1 Å². The van der Waals surface area contributed by atoms with Crippen molar-refractivity contribution < 1.29 is 33.1 Å². The predicted octanol–water partition coefficient (Wildman–Crippen LogP) is 8.69. The van der Waals surface area contributed by atoms with Gasteiger partial charge < -0.3 is 29.2 Å². The first-order valence-electron chi connectivity index (χ1n) is 21.4. The van der Waals surface area contributed by atoms with E-state index in [2.05, 4.69) is 128 Å². The van der Waals surface area contributed by atoms with Crippen LogP contribution in [-0.2, 0) is 39.4 Å². The minimum Gasteiger partial charge on any atom is -0.379 e. The SMILES string of the molecule is CC(=O)CCOCCOCCOCCOCCNC(=O)CCCCCN1/C(=C/C=C2C=C(/C=C/C3=[N+](C)c4ccccc4C3(C)C)CCC/2)C(C)(C)c2ccccc21. The average molecular weight is 795 g/mol. The molecule has 0 radical (unpaired) electrons. The Bertz CT molecular complexity index is 1850. The zero-order valence-corrected chi connectivity index (χ0v) is 36.1. The lowest BCUT2D eigenvalue weighted by atomic mass is 9.81. The molecule has 3 aliphatic rings. The smallest absolute Gasteiger partial charge is 0.220 e. The van der Waals surface area contributed by atoms with Crippen LogP contribution < -0.4 is 10.2 Å². The number of benzene rings is 2. The zero-order valence-electron chi connectivity index (χ0n) is 36.1. The summed E-state index contributed by atoms with van der Waals surface area (Å²) in [6, 6.07) is 17.6. The highest BCUT2D eigenvalue weighted by Gasteiger charge is 2.42. The second-order valence-electron chi connectivity index (χ2n) is 16.6. The van der Waals surface area contributed by atoms with Gasteiger partial charge in [0.2, 0.25) is 11.6 Å². The highest BCUT2D eigenvalue weighted by Crippen LogP contribution is 2.48. The van der Waals surface area contributed by atoms with Crippen LogP contribution in [0.1, 0.15) is 97.1 Å². The molecule has 9 heteroatoms. The summed E-state index contributed by atoms with van der Waals surface area (Å²) >= 11 is 0. The summed E-state index contributed by atoms with van der Waals surface area (Å²) in [6.07, 6.45) is 19.0. The Morgan fingerprint density at radius 3 is 2.10 bits per heavy atom. The molecular formula is C49H68N3O6+. The molecule has 0 fully saturated rings. The lowest BCUT2D eigenvalue weighted by Gasteiger charge is -2.27. The summed E-state index contributed by atoms with van der Waals surface area (Å²) in [5, 5.41) is 2.98. The second-order valence-corrected chi connectivity index (χ2v) is 16.6.